The zero-order valence-electron chi connectivity index (χ0n) is 13.1. The number of carbonyl (C=O) groups excluding carboxylic acids is 1. The minimum atomic E-state index is -0.0550. The van der Waals surface area contributed by atoms with Crippen LogP contribution in [0.25, 0.3) is 5.69 Å². The Hall–Kier alpha value is -2.30. The molecule has 0 aliphatic rings. The second-order valence-electron chi connectivity index (χ2n) is 5.22. The summed E-state index contributed by atoms with van der Waals surface area (Å²) in [5, 5.41) is 4.60. The van der Waals surface area contributed by atoms with Crippen molar-refractivity contribution in [2.45, 2.75) is 26.7 Å². The van der Waals surface area contributed by atoms with Crippen molar-refractivity contribution in [3.05, 3.63) is 41.2 Å². The number of carbonyl (C=O) groups is 1. The first kappa shape index (κ1) is 15.1. The first-order chi connectivity index (χ1) is 9.97. The summed E-state index contributed by atoms with van der Waals surface area (Å²) in [6.07, 6.45) is 1.71. The van der Waals surface area contributed by atoms with Gasteiger partial charge in [-0.15, -0.1) is 0 Å². The third-order valence-corrected chi connectivity index (χ3v) is 3.44. The lowest BCUT2D eigenvalue weighted by Gasteiger charge is -2.16. The Bertz CT molecular complexity index is 658. The molecular weight excluding hydrogens is 264 g/mol. The van der Waals surface area contributed by atoms with E-state index in [2.05, 4.69) is 25.0 Å². The topological polar surface area (TPSA) is 64.2 Å². The second-order valence-corrected chi connectivity index (χ2v) is 5.22. The largest absolute Gasteiger partial charge is 0.399 e. The summed E-state index contributed by atoms with van der Waals surface area (Å²) >= 11 is 0. The molecule has 21 heavy (non-hydrogen) atoms. The Morgan fingerprint density at radius 1 is 1.24 bits per heavy atom. The van der Waals surface area contributed by atoms with Crippen LogP contribution in [0.3, 0.4) is 0 Å². The van der Waals surface area contributed by atoms with Gasteiger partial charge < -0.3 is 10.6 Å². The van der Waals surface area contributed by atoms with E-state index in [1.807, 2.05) is 10.7 Å². The van der Waals surface area contributed by atoms with Crippen LogP contribution in [0.1, 0.15) is 35.6 Å². The van der Waals surface area contributed by atoms with E-state index in [0.29, 0.717) is 11.3 Å². The third kappa shape index (κ3) is 2.91. The van der Waals surface area contributed by atoms with E-state index in [9.17, 15) is 4.79 Å². The van der Waals surface area contributed by atoms with Crippen LogP contribution in [0.4, 0.5) is 5.69 Å². The molecule has 0 aliphatic heterocycles. The molecule has 0 fully saturated rings. The van der Waals surface area contributed by atoms with Gasteiger partial charge in [0.2, 0.25) is 0 Å². The maximum absolute atomic E-state index is 12.4. The lowest BCUT2D eigenvalue weighted by molar-refractivity contribution is 0.0827. The molecule has 1 heterocycles. The molecule has 1 aromatic carbocycles. The number of benzene rings is 1. The number of rotatable bonds is 4. The monoisotopic (exact) mass is 286 g/mol. The molecule has 2 rings (SSSR count). The molecule has 2 aromatic rings. The molecule has 0 aliphatic carbocycles. The summed E-state index contributed by atoms with van der Waals surface area (Å²) < 4.78 is 1.84. The average Bonchev–Trinajstić information content (AvgIpc) is 2.89. The predicted molar refractivity (Wildman–Crippen MR) is 84.7 cm³/mol. The number of nitrogen functional groups attached to an aromatic ring is 1. The van der Waals surface area contributed by atoms with Crippen molar-refractivity contribution in [2.24, 2.45) is 0 Å². The first-order valence-electron chi connectivity index (χ1n) is 7.17. The molecule has 5 heteroatoms. The zero-order chi connectivity index (χ0) is 15.6. The fourth-order valence-electron chi connectivity index (χ4n) is 2.25. The third-order valence-electron chi connectivity index (χ3n) is 3.44. The Morgan fingerprint density at radius 3 is 2.52 bits per heavy atom. The molecule has 0 bridgehead atoms. The minimum absolute atomic E-state index is 0.0550. The van der Waals surface area contributed by atoms with Crippen molar-refractivity contribution in [3.8, 4) is 5.69 Å². The molecule has 0 unspecified atom stereocenters. The molecule has 112 valence electrons. The van der Waals surface area contributed by atoms with Gasteiger partial charge in [0.05, 0.1) is 16.9 Å². The molecule has 0 saturated carbocycles. The normalized spacial score (nSPS) is 10.7. The molecule has 1 aromatic heterocycles. The van der Waals surface area contributed by atoms with E-state index >= 15 is 0 Å². The summed E-state index contributed by atoms with van der Waals surface area (Å²) in [6, 6.07) is 7.39. The van der Waals surface area contributed by atoms with E-state index in [1.165, 1.54) is 0 Å². The summed E-state index contributed by atoms with van der Waals surface area (Å²) in [6.45, 7) is 4.14. The van der Waals surface area contributed by atoms with E-state index in [-0.39, 0.29) is 5.91 Å². The number of aromatic nitrogens is 2. The van der Waals surface area contributed by atoms with Crippen molar-refractivity contribution in [1.29, 1.82) is 0 Å². The highest BCUT2D eigenvalue weighted by atomic mass is 16.2. The quantitative estimate of drug-likeness (QED) is 0.877. The van der Waals surface area contributed by atoms with Crippen LogP contribution in [0.2, 0.25) is 0 Å². The summed E-state index contributed by atoms with van der Waals surface area (Å²) in [4.78, 5) is 13.9. The van der Waals surface area contributed by atoms with Gasteiger partial charge in [-0.3, -0.25) is 4.79 Å². The van der Waals surface area contributed by atoms with Crippen LogP contribution >= 0.6 is 0 Å². The van der Waals surface area contributed by atoms with Crippen LogP contribution in [-0.2, 0) is 12.8 Å². The smallest absolute Gasteiger partial charge is 0.255 e. The van der Waals surface area contributed by atoms with Gasteiger partial charge in [-0.2, -0.15) is 5.10 Å². The molecule has 0 saturated heterocycles. The highest BCUT2D eigenvalue weighted by molar-refractivity contribution is 5.98. The van der Waals surface area contributed by atoms with Crippen LogP contribution in [0, 0.1) is 0 Å². The Labute approximate surface area is 125 Å². The second kappa shape index (κ2) is 5.99. The zero-order valence-corrected chi connectivity index (χ0v) is 13.1. The fourth-order valence-corrected chi connectivity index (χ4v) is 2.25. The van der Waals surface area contributed by atoms with Crippen molar-refractivity contribution in [3.63, 3.8) is 0 Å². The predicted octanol–water partition coefficient (Wildman–Crippen LogP) is 2.28. The standard InChI is InChI=1S/C16H22N4O/c1-5-12-10-13(6-2)20(18-12)15-9-11(17)7-8-14(15)16(21)19(3)4/h7-10H,5-6,17H2,1-4H3. The summed E-state index contributed by atoms with van der Waals surface area (Å²) in [7, 11) is 3.48. The summed E-state index contributed by atoms with van der Waals surface area (Å²) in [5.74, 6) is -0.0550. The summed E-state index contributed by atoms with van der Waals surface area (Å²) in [5.41, 5.74) is 9.96. The number of hydrogen-bond donors (Lipinski definition) is 1. The number of amides is 1. The maximum Gasteiger partial charge on any atom is 0.255 e. The van der Waals surface area contributed by atoms with Gasteiger partial charge in [0.25, 0.3) is 5.91 Å². The number of nitrogens with zero attached hydrogens (tertiary/aromatic N) is 3. The molecule has 5 nitrogen and oxygen atoms in total. The van der Waals surface area contributed by atoms with E-state index in [0.717, 1.165) is 29.9 Å². The molecule has 0 spiro atoms. The van der Waals surface area contributed by atoms with Gasteiger partial charge in [-0.25, -0.2) is 4.68 Å². The van der Waals surface area contributed by atoms with Crippen molar-refractivity contribution in [2.75, 3.05) is 19.8 Å². The molecule has 2 N–H and O–H groups in total. The maximum atomic E-state index is 12.4. The SMILES string of the molecule is CCc1cc(CC)n(-c2cc(N)ccc2C(=O)N(C)C)n1. The van der Waals surface area contributed by atoms with Gasteiger partial charge in [0.15, 0.2) is 0 Å². The van der Waals surface area contributed by atoms with Gasteiger partial charge in [0.1, 0.15) is 0 Å². The number of hydrogen-bond acceptors (Lipinski definition) is 3. The first-order valence-corrected chi connectivity index (χ1v) is 7.17. The average molecular weight is 286 g/mol. The lowest BCUT2D eigenvalue weighted by atomic mass is 10.1. The van der Waals surface area contributed by atoms with Gasteiger partial charge in [-0.1, -0.05) is 13.8 Å². The van der Waals surface area contributed by atoms with Crippen molar-refractivity contribution >= 4 is 11.6 Å². The van der Waals surface area contributed by atoms with Crippen LogP contribution in [0.15, 0.2) is 24.3 Å². The van der Waals surface area contributed by atoms with E-state index < -0.39 is 0 Å². The number of aryl methyl sites for hydroxylation is 2. The Morgan fingerprint density at radius 2 is 1.95 bits per heavy atom. The Balaban J connectivity index is 2.64. The lowest BCUT2D eigenvalue weighted by Crippen LogP contribution is -2.23. The molecular formula is C16H22N4O. The van der Waals surface area contributed by atoms with Crippen LogP contribution in [0.5, 0.6) is 0 Å². The molecule has 0 radical (unpaired) electrons. The van der Waals surface area contributed by atoms with E-state index in [4.69, 9.17) is 5.73 Å². The van der Waals surface area contributed by atoms with Gasteiger partial charge in [-0.05, 0) is 37.1 Å². The van der Waals surface area contributed by atoms with Crippen LogP contribution in [-0.4, -0.2) is 34.7 Å². The van der Waals surface area contributed by atoms with Gasteiger partial charge in [0, 0.05) is 25.5 Å². The molecule has 1 amide bonds. The minimum Gasteiger partial charge on any atom is -0.399 e. The van der Waals surface area contributed by atoms with Gasteiger partial charge >= 0.3 is 0 Å². The number of nitrogens with two attached hydrogens (primary N) is 1. The van der Waals surface area contributed by atoms with E-state index in [1.54, 1.807) is 31.1 Å². The Kier molecular flexibility index (Phi) is 4.31. The highest BCUT2D eigenvalue weighted by Crippen LogP contribution is 2.22. The van der Waals surface area contributed by atoms with Crippen molar-refractivity contribution in [1.82, 2.24) is 14.7 Å². The number of anilines is 1. The van der Waals surface area contributed by atoms with Crippen LogP contribution < -0.4 is 5.73 Å². The molecule has 0 atom stereocenters. The van der Waals surface area contributed by atoms with Crippen molar-refractivity contribution < 1.29 is 4.79 Å². The fraction of sp³-hybridized carbons (Fsp3) is 0.375. The highest BCUT2D eigenvalue weighted by Gasteiger charge is 2.17.